The number of methoxy groups -OCH3 is 1. The highest BCUT2D eigenvalue weighted by molar-refractivity contribution is 5.84. The SMILES string of the molecule is CCN(CC)C(=N)C(OC)C1CCCCC1. The maximum atomic E-state index is 8.24. The number of nitrogens with one attached hydrogen (secondary N) is 1. The molecule has 0 aromatic rings. The number of hydrogen-bond donors (Lipinski definition) is 1. The van der Waals surface area contributed by atoms with Gasteiger partial charge in [0.1, 0.15) is 11.9 Å². The maximum absolute atomic E-state index is 8.24. The van der Waals surface area contributed by atoms with Crippen molar-refractivity contribution in [3.8, 4) is 0 Å². The zero-order chi connectivity index (χ0) is 12.0. The quantitative estimate of drug-likeness (QED) is 0.578. The van der Waals surface area contributed by atoms with Gasteiger partial charge in [0.2, 0.25) is 0 Å². The molecular weight excluding hydrogens is 200 g/mol. The third kappa shape index (κ3) is 3.21. The fourth-order valence-electron chi connectivity index (χ4n) is 2.71. The molecule has 94 valence electrons. The van der Waals surface area contributed by atoms with Crippen LogP contribution >= 0.6 is 0 Å². The lowest BCUT2D eigenvalue weighted by Crippen LogP contribution is -2.43. The molecule has 0 bridgehead atoms. The predicted octanol–water partition coefficient (Wildman–Crippen LogP) is 2.90. The summed E-state index contributed by atoms with van der Waals surface area (Å²) in [4.78, 5) is 2.10. The Hall–Kier alpha value is -0.570. The van der Waals surface area contributed by atoms with Gasteiger partial charge in [-0.05, 0) is 32.6 Å². The first-order valence-electron chi connectivity index (χ1n) is 6.60. The second-order valence-corrected chi connectivity index (χ2v) is 4.61. The molecule has 16 heavy (non-hydrogen) atoms. The Morgan fingerprint density at radius 1 is 1.25 bits per heavy atom. The van der Waals surface area contributed by atoms with E-state index in [1.54, 1.807) is 7.11 Å². The Bertz CT molecular complexity index is 208. The van der Waals surface area contributed by atoms with Gasteiger partial charge in [-0.2, -0.15) is 0 Å². The molecule has 3 nitrogen and oxygen atoms in total. The van der Waals surface area contributed by atoms with Crippen molar-refractivity contribution in [2.75, 3.05) is 20.2 Å². The van der Waals surface area contributed by atoms with E-state index >= 15 is 0 Å². The summed E-state index contributed by atoms with van der Waals surface area (Å²) in [6.07, 6.45) is 6.42. The summed E-state index contributed by atoms with van der Waals surface area (Å²) in [6.45, 7) is 6.01. The molecule has 1 fully saturated rings. The van der Waals surface area contributed by atoms with Crippen LogP contribution in [0.3, 0.4) is 0 Å². The lowest BCUT2D eigenvalue weighted by atomic mass is 9.84. The van der Waals surface area contributed by atoms with E-state index in [-0.39, 0.29) is 6.10 Å². The molecule has 0 heterocycles. The first kappa shape index (κ1) is 13.5. The van der Waals surface area contributed by atoms with Crippen LogP contribution in [0.2, 0.25) is 0 Å². The molecule has 0 aliphatic heterocycles. The summed E-state index contributed by atoms with van der Waals surface area (Å²) in [5.74, 6) is 1.24. The van der Waals surface area contributed by atoms with E-state index in [1.807, 2.05) is 0 Å². The van der Waals surface area contributed by atoms with Crippen LogP contribution in [0.4, 0.5) is 0 Å². The molecule has 1 atom stereocenters. The Morgan fingerprint density at radius 2 is 1.81 bits per heavy atom. The summed E-state index contributed by atoms with van der Waals surface area (Å²) in [7, 11) is 1.75. The molecule has 1 rings (SSSR count). The summed E-state index contributed by atoms with van der Waals surface area (Å²) in [6, 6.07) is 0. The smallest absolute Gasteiger partial charge is 0.126 e. The van der Waals surface area contributed by atoms with Gasteiger partial charge in [-0.25, -0.2) is 0 Å². The normalized spacial score (nSPS) is 19.4. The fourth-order valence-corrected chi connectivity index (χ4v) is 2.71. The van der Waals surface area contributed by atoms with Crippen molar-refractivity contribution in [3.63, 3.8) is 0 Å². The molecule has 0 amide bonds. The molecule has 3 heteroatoms. The standard InChI is InChI=1S/C13H26N2O/c1-4-15(5-2)13(14)12(16-3)11-9-7-6-8-10-11/h11-12,14H,4-10H2,1-3H3. The van der Waals surface area contributed by atoms with E-state index in [9.17, 15) is 0 Å². The van der Waals surface area contributed by atoms with Crippen LogP contribution in [0, 0.1) is 11.3 Å². The van der Waals surface area contributed by atoms with Crippen molar-refractivity contribution in [1.29, 1.82) is 5.41 Å². The van der Waals surface area contributed by atoms with Crippen molar-refractivity contribution >= 4 is 5.84 Å². The first-order valence-corrected chi connectivity index (χ1v) is 6.60. The summed E-state index contributed by atoms with van der Waals surface area (Å²) in [5, 5.41) is 8.24. The summed E-state index contributed by atoms with van der Waals surface area (Å²) in [5.41, 5.74) is 0. The number of hydrogen-bond acceptors (Lipinski definition) is 2. The van der Waals surface area contributed by atoms with Crippen molar-refractivity contribution in [2.24, 2.45) is 5.92 Å². The summed E-state index contributed by atoms with van der Waals surface area (Å²) >= 11 is 0. The number of likely N-dealkylation sites (N-methyl/N-ethyl adjacent to an activating group) is 1. The third-order valence-electron chi connectivity index (χ3n) is 3.71. The summed E-state index contributed by atoms with van der Waals surface area (Å²) < 4.78 is 5.57. The van der Waals surface area contributed by atoms with Crippen molar-refractivity contribution in [1.82, 2.24) is 4.90 Å². The largest absolute Gasteiger partial charge is 0.373 e. The van der Waals surface area contributed by atoms with E-state index in [2.05, 4.69) is 18.7 Å². The molecule has 0 radical (unpaired) electrons. The minimum Gasteiger partial charge on any atom is -0.373 e. The van der Waals surface area contributed by atoms with Crippen LogP contribution in [0.1, 0.15) is 46.0 Å². The second-order valence-electron chi connectivity index (χ2n) is 4.61. The van der Waals surface area contributed by atoms with E-state index in [1.165, 1.54) is 32.1 Å². The van der Waals surface area contributed by atoms with Gasteiger partial charge in [0, 0.05) is 20.2 Å². The highest BCUT2D eigenvalue weighted by atomic mass is 16.5. The molecule has 1 unspecified atom stereocenters. The monoisotopic (exact) mass is 226 g/mol. The molecule has 1 aliphatic rings. The van der Waals surface area contributed by atoms with E-state index < -0.39 is 0 Å². The Labute approximate surface area is 99.7 Å². The van der Waals surface area contributed by atoms with Crippen molar-refractivity contribution in [3.05, 3.63) is 0 Å². The number of nitrogens with zero attached hydrogens (tertiary/aromatic N) is 1. The molecule has 1 saturated carbocycles. The first-order chi connectivity index (χ1) is 7.74. The predicted molar refractivity (Wildman–Crippen MR) is 68.0 cm³/mol. The molecule has 0 spiro atoms. The Morgan fingerprint density at radius 3 is 2.25 bits per heavy atom. The molecule has 0 saturated heterocycles. The van der Waals surface area contributed by atoms with E-state index in [0.29, 0.717) is 11.8 Å². The van der Waals surface area contributed by atoms with Crippen LogP contribution < -0.4 is 0 Å². The minimum atomic E-state index is 0.0141. The molecule has 1 aliphatic carbocycles. The highest BCUT2D eigenvalue weighted by Crippen LogP contribution is 2.28. The lowest BCUT2D eigenvalue weighted by molar-refractivity contribution is 0.0757. The van der Waals surface area contributed by atoms with Crippen LogP contribution in [0.15, 0.2) is 0 Å². The van der Waals surface area contributed by atoms with Crippen molar-refractivity contribution < 1.29 is 4.74 Å². The molecule has 0 aromatic carbocycles. The zero-order valence-electron chi connectivity index (χ0n) is 11.0. The van der Waals surface area contributed by atoms with Gasteiger partial charge in [-0.15, -0.1) is 0 Å². The zero-order valence-corrected chi connectivity index (χ0v) is 11.0. The van der Waals surface area contributed by atoms with Crippen LogP contribution in [0.5, 0.6) is 0 Å². The van der Waals surface area contributed by atoms with Gasteiger partial charge >= 0.3 is 0 Å². The second kappa shape index (κ2) is 6.89. The third-order valence-corrected chi connectivity index (χ3v) is 3.71. The van der Waals surface area contributed by atoms with Crippen molar-refractivity contribution in [2.45, 2.75) is 52.1 Å². The van der Waals surface area contributed by atoms with Gasteiger partial charge in [0.25, 0.3) is 0 Å². The lowest BCUT2D eigenvalue weighted by Gasteiger charge is -2.34. The van der Waals surface area contributed by atoms with E-state index in [0.717, 1.165) is 13.1 Å². The average Bonchev–Trinajstić information content (AvgIpc) is 2.33. The van der Waals surface area contributed by atoms with Gasteiger partial charge < -0.3 is 9.64 Å². The Balaban J connectivity index is 2.60. The fraction of sp³-hybridized carbons (Fsp3) is 0.923. The van der Waals surface area contributed by atoms with E-state index in [4.69, 9.17) is 10.1 Å². The topological polar surface area (TPSA) is 36.3 Å². The number of amidine groups is 1. The number of ether oxygens (including phenoxy) is 1. The van der Waals surface area contributed by atoms with Crippen LogP contribution in [-0.2, 0) is 4.74 Å². The molecule has 1 N–H and O–H groups in total. The van der Waals surface area contributed by atoms with Gasteiger partial charge in [0.15, 0.2) is 0 Å². The molecular formula is C13H26N2O. The molecule has 0 aromatic heterocycles. The minimum absolute atomic E-state index is 0.0141. The van der Waals surface area contributed by atoms with Gasteiger partial charge in [-0.3, -0.25) is 5.41 Å². The van der Waals surface area contributed by atoms with Gasteiger partial charge in [0.05, 0.1) is 0 Å². The number of rotatable bonds is 5. The maximum Gasteiger partial charge on any atom is 0.126 e. The van der Waals surface area contributed by atoms with Crippen LogP contribution in [-0.4, -0.2) is 37.0 Å². The average molecular weight is 226 g/mol. The van der Waals surface area contributed by atoms with Gasteiger partial charge in [-0.1, -0.05) is 19.3 Å². The Kier molecular flexibility index (Phi) is 5.81. The van der Waals surface area contributed by atoms with Crippen LogP contribution in [0.25, 0.3) is 0 Å². The highest BCUT2D eigenvalue weighted by Gasteiger charge is 2.28.